The molecular weight excluding hydrogens is 787 g/mol. The highest BCUT2D eigenvalue weighted by atomic mass is 15.2. The molecule has 0 aliphatic heterocycles. The van der Waals surface area contributed by atoms with Crippen molar-refractivity contribution in [1.29, 1.82) is 0 Å². The van der Waals surface area contributed by atoms with Crippen molar-refractivity contribution in [2.45, 2.75) is 0 Å². The van der Waals surface area contributed by atoms with Crippen molar-refractivity contribution in [2.24, 2.45) is 0 Å². The maximum atomic E-state index is 8.73. The minimum Gasteiger partial charge on any atom is -0.310 e. The summed E-state index contributed by atoms with van der Waals surface area (Å²) < 4.78 is 44.8. The van der Waals surface area contributed by atoms with Crippen LogP contribution in [0.5, 0.6) is 0 Å². The summed E-state index contributed by atoms with van der Waals surface area (Å²) in [7, 11) is 0. The molecule has 3 nitrogen and oxygen atoms in total. The first-order valence-corrected chi connectivity index (χ1v) is 21.8. The first kappa shape index (κ1) is 33.0. The lowest BCUT2D eigenvalue weighted by Crippen LogP contribution is -2.14. The number of hydrogen-bond acceptors (Lipinski definition) is 2. The molecule has 0 fully saturated rings. The Hall–Kier alpha value is -8.66. The van der Waals surface area contributed by atoms with Crippen molar-refractivity contribution in [3.05, 3.63) is 261 Å². The lowest BCUT2D eigenvalue weighted by molar-refractivity contribution is 1.19. The zero-order valence-corrected chi connectivity index (χ0v) is 35.3. The summed E-state index contributed by atoms with van der Waals surface area (Å²) >= 11 is 0. The molecule has 306 valence electrons. The predicted octanol–water partition coefficient (Wildman–Crippen LogP) is 17.4. The number of rotatable bonds is 9. The average Bonchev–Trinajstić information content (AvgIpc) is 3.74. The van der Waals surface area contributed by atoms with Gasteiger partial charge in [-0.15, -0.1) is 0 Å². The molecule has 0 aliphatic carbocycles. The van der Waals surface area contributed by atoms with Crippen molar-refractivity contribution in [2.75, 3.05) is 9.80 Å². The van der Waals surface area contributed by atoms with Crippen LogP contribution < -0.4 is 9.80 Å². The van der Waals surface area contributed by atoms with Crippen LogP contribution >= 0.6 is 0 Å². The Morgan fingerprint density at radius 2 is 0.892 bits per heavy atom. The number of nitrogens with zero attached hydrogens (tertiary/aromatic N) is 3. The summed E-state index contributed by atoms with van der Waals surface area (Å²) in [4.78, 5) is 4.56. The summed E-state index contributed by atoms with van der Waals surface area (Å²) in [5.74, 6) is 0. The molecule has 1 aromatic heterocycles. The third-order valence-corrected chi connectivity index (χ3v) is 12.4. The smallest absolute Gasteiger partial charge is 0.0629 e. The molecule has 1 heterocycles. The highest BCUT2D eigenvalue weighted by Gasteiger charge is 2.22. The predicted molar refractivity (Wildman–Crippen MR) is 276 cm³/mol. The largest absolute Gasteiger partial charge is 0.310 e. The van der Waals surface area contributed by atoms with Crippen molar-refractivity contribution < 1.29 is 6.85 Å². The normalized spacial score (nSPS) is 12.5. The molecule has 3 heteroatoms. The number of hydrogen-bond donors (Lipinski definition) is 0. The Balaban J connectivity index is 1.11. The van der Waals surface area contributed by atoms with E-state index in [0.717, 1.165) is 78.1 Å². The van der Waals surface area contributed by atoms with E-state index in [9.17, 15) is 0 Å². The minimum atomic E-state index is -0.413. The number of aromatic nitrogens is 1. The highest BCUT2D eigenvalue weighted by molar-refractivity contribution is 6.11. The Morgan fingerprint density at radius 1 is 0.308 bits per heavy atom. The quantitative estimate of drug-likeness (QED) is 0.144. The van der Waals surface area contributed by atoms with E-state index in [2.05, 4.69) is 196 Å². The second-order valence-electron chi connectivity index (χ2n) is 16.2. The molecule has 0 saturated heterocycles. The van der Waals surface area contributed by atoms with Crippen molar-refractivity contribution >= 4 is 77.5 Å². The highest BCUT2D eigenvalue weighted by Crippen LogP contribution is 2.46. The standard InChI is InChI=1S/C62H43N3/c1-4-17-44(18-5-1)46-31-35-53(36-32-46)63(51-23-6-2-7-24-51)55-40-50(41-56(43-55)64(52-25-8-3-9-26-52)60-30-16-22-47-20-12-13-27-57(47)60)49-34-38-59-58-28-14-15-29-61(58)65(62(59)42-49)54-37-33-45-19-10-11-21-48(45)39-54/h1-43H/i1D,4D,5D,17D,18D. The Kier molecular flexibility index (Phi) is 8.23. The molecule has 0 N–H and O–H groups in total. The van der Waals surface area contributed by atoms with Gasteiger partial charge in [0.1, 0.15) is 0 Å². The maximum absolute atomic E-state index is 8.73. The molecule has 12 rings (SSSR count). The van der Waals surface area contributed by atoms with Gasteiger partial charge in [-0.2, -0.15) is 0 Å². The fraction of sp³-hybridized carbons (Fsp3) is 0. The van der Waals surface area contributed by atoms with Gasteiger partial charge in [-0.3, -0.25) is 0 Å². The molecule has 0 unspecified atom stereocenters. The van der Waals surface area contributed by atoms with E-state index in [4.69, 9.17) is 6.85 Å². The van der Waals surface area contributed by atoms with Gasteiger partial charge in [-0.05, 0) is 123 Å². The van der Waals surface area contributed by atoms with E-state index in [-0.39, 0.29) is 29.7 Å². The fourth-order valence-corrected chi connectivity index (χ4v) is 9.37. The van der Waals surface area contributed by atoms with E-state index < -0.39 is 6.04 Å². The van der Waals surface area contributed by atoms with Gasteiger partial charge in [-0.1, -0.05) is 176 Å². The third-order valence-electron chi connectivity index (χ3n) is 12.4. The molecule has 0 spiro atoms. The topological polar surface area (TPSA) is 11.4 Å². The van der Waals surface area contributed by atoms with Crippen LogP contribution in [0.3, 0.4) is 0 Å². The molecule has 0 atom stereocenters. The summed E-state index contributed by atoms with van der Waals surface area (Å²) in [5, 5.41) is 6.96. The lowest BCUT2D eigenvalue weighted by atomic mass is 9.99. The van der Waals surface area contributed by atoms with E-state index >= 15 is 0 Å². The summed E-state index contributed by atoms with van der Waals surface area (Å²) in [6, 6.07) is 79.0. The fourth-order valence-electron chi connectivity index (χ4n) is 9.37. The van der Waals surface area contributed by atoms with Crippen LogP contribution in [-0.2, 0) is 0 Å². The van der Waals surface area contributed by atoms with Gasteiger partial charge in [0, 0.05) is 50.3 Å². The van der Waals surface area contributed by atoms with Crippen LogP contribution in [0.2, 0.25) is 0 Å². The molecule has 65 heavy (non-hydrogen) atoms. The van der Waals surface area contributed by atoms with Gasteiger partial charge in [0.05, 0.1) is 23.6 Å². The molecule has 12 aromatic rings. The molecule has 0 aliphatic rings. The molecule has 0 radical (unpaired) electrons. The number of para-hydroxylation sites is 3. The molecule has 0 amide bonds. The number of anilines is 6. The Bertz CT molecular complexity index is 3930. The molecule has 0 saturated carbocycles. The number of benzene rings is 11. The summed E-state index contributed by atoms with van der Waals surface area (Å²) in [6.07, 6.45) is 0. The van der Waals surface area contributed by atoms with E-state index in [1.807, 2.05) is 48.5 Å². The first-order valence-electron chi connectivity index (χ1n) is 24.3. The summed E-state index contributed by atoms with van der Waals surface area (Å²) in [5.41, 5.74) is 11.7. The van der Waals surface area contributed by atoms with Crippen molar-refractivity contribution in [1.82, 2.24) is 4.57 Å². The van der Waals surface area contributed by atoms with Crippen LogP contribution in [0.25, 0.3) is 71.3 Å². The Labute approximate surface area is 386 Å². The maximum Gasteiger partial charge on any atom is 0.0629 e. The van der Waals surface area contributed by atoms with Gasteiger partial charge >= 0.3 is 0 Å². The average molecular weight is 835 g/mol. The third kappa shape index (κ3) is 6.97. The van der Waals surface area contributed by atoms with E-state index in [1.54, 1.807) is 0 Å². The van der Waals surface area contributed by atoms with Crippen LogP contribution in [-0.4, -0.2) is 4.57 Å². The van der Waals surface area contributed by atoms with Gasteiger partial charge in [0.25, 0.3) is 0 Å². The van der Waals surface area contributed by atoms with Crippen molar-refractivity contribution in [3.63, 3.8) is 0 Å². The van der Waals surface area contributed by atoms with Gasteiger partial charge in [-0.25, -0.2) is 0 Å². The molecular formula is C62H43N3. The minimum absolute atomic E-state index is 0.165. The zero-order valence-electron chi connectivity index (χ0n) is 40.3. The zero-order chi connectivity index (χ0) is 47.5. The van der Waals surface area contributed by atoms with Crippen LogP contribution in [0.1, 0.15) is 6.85 Å². The van der Waals surface area contributed by atoms with Crippen LogP contribution in [0.15, 0.2) is 261 Å². The van der Waals surface area contributed by atoms with Crippen LogP contribution in [0, 0.1) is 0 Å². The van der Waals surface area contributed by atoms with E-state index in [1.165, 1.54) is 16.2 Å². The van der Waals surface area contributed by atoms with E-state index in [0.29, 0.717) is 5.56 Å². The monoisotopic (exact) mass is 834 g/mol. The van der Waals surface area contributed by atoms with Gasteiger partial charge < -0.3 is 14.4 Å². The second-order valence-corrected chi connectivity index (χ2v) is 16.2. The van der Waals surface area contributed by atoms with Crippen molar-refractivity contribution in [3.8, 4) is 27.9 Å². The lowest BCUT2D eigenvalue weighted by Gasteiger charge is -2.31. The van der Waals surface area contributed by atoms with Crippen LogP contribution in [0.4, 0.5) is 34.1 Å². The Morgan fingerprint density at radius 3 is 1.66 bits per heavy atom. The summed E-state index contributed by atoms with van der Waals surface area (Å²) in [6.45, 7) is 0. The van der Waals surface area contributed by atoms with Gasteiger partial charge in [0.2, 0.25) is 0 Å². The molecule has 11 aromatic carbocycles. The second kappa shape index (κ2) is 16.2. The SMILES string of the molecule is [2H]c1c([2H])c([2H])c(-c2ccc(N(c3ccccc3)c3cc(-c4ccc5c6ccccc6n(-c6ccc7ccccc7c6)c5c4)cc(N(c4ccccc4)c4cccc5ccccc45)c3)cc2)c([2H])c1[2H]. The first-order chi connectivity index (χ1) is 34.3. The van der Waals surface area contributed by atoms with Gasteiger partial charge in [0.15, 0.2) is 0 Å². The number of fused-ring (bicyclic) bond motifs is 5. The molecule has 0 bridgehead atoms.